The normalized spacial score (nSPS) is 14.5. The smallest absolute Gasteiger partial charge is 0.212 e. The molecule has 7 heteroatoms. The van der Waals surface area contributed by atoms with Gasteiger partial charge in [-0.25, -0.2) is 0 Å². The van der Waals surface area contributed by atoms with Crippen LogP contribution in [0.1, 0.15) is 24.4 Å². The predicted molar refractivity (Wildman–Crippen MR) is 93.1 cm³/mol. The van der Waals surface area contributed by atoms with Crippen LogP contribution in [-0.4, -0.2) is 31.8 Å². The van der Waals surface area contributed by atoms with Crippen LogP contribution < -0.4 is 0 Å². The highest BCUT2D eigenvalue weighted by Gasteiger charge is 2.23. The van der Waals surface area contributed by atoms with Gasteiger partial charge in [-0.2, -0.15) is 9.78 Å². The van der Waals surface area contributed by atoms with Crippen molar-refractivity contribution in [2.45, 2.75) is 24.9 Å². The Labute approximate surface area is 144 Å². The Bertz CT molecular complexity index is 851. The number of hydrogen-bond donors (Lipinski definition) is 0. The predicted octanol–water partition coefficient (Wildman–Crippen LogP) is 3.63. The molecule has 0 bridgehead atoms. The summed E-state index contributed by atoms with van der Waals surface area (Å²) in [7, 11) is 0. The Morgan fingerprint density at radius 1 is 1.29 bits per heavy atom. The number of aromatic nitrogens is 4. The fraction of sp³-hybridized carbons (Fsp3) is 0.294. The molecular formula is C17H17N5OS. The lowest BCUT2D eigenvalue weighted by Crippen LogP contribution is -1.98. The summed E-state index contributed by atoms with van der Waals surface area (Å²) in [5, 5.41) is 13.9. The van der Waals surface area contributed by atoms with E-state index in [9.17, 15) is 0 Å². The molecule has 0 N–H and O–H groups in total. The van der Waals surface area contributed by atoms with Gasteiger partial charge in [0.05, 0.1) is 6.21 Å². The molecule has 122 valence electrons. The largest absolute Gasteiger partial charge is 0.460 e. The van der Waals surface area contributed by atoms with Crippen molar-refractivity contribution in [2.24, 2.45) is 11.0 Å². The first-order chi connectivity index (χ1) is 11.8. The molecule has 0 atom stereocenters. The molecule has 24 heavy (non-hydrogen) atoms. The van der Waals surface area contributed by atoms with E-state index < -0.39 is 0 Å². The quantitative estimate of drug-likeness (QED) is 0.507. The van der Waals surface area contributed by atoms with Crippen molar-refractivity contribution in [1.29, 1.82) is 0 Å². The zero-order chi connectivity index (χ0) is 16.4. The standard InChI is InChI=1S/C17H17N5OS/c1-12-5-8-14(23-12)10-19-22-16(15-4-2-3-9-18-15)20-21-17(22)24-11-13-6-7-13/h2-5,8-10,13H,6-7,11H2,1H3/b19-10+. The Morgan fingerprint density at radius 3 is 2.92 bits per heavy atom. The summed E-state index contributed by atoms with van der Waals surface area (Å²) >= 11 is 1.69. The second-order valence-electron chi connectivity index (χ2n) is 5.78. The highest BCUT2D eigenvalue weighted by molar-refractivity contribution is 7.99. The topological polar surface area (TPSA) is 69.1 Å². The van der Waals surface area contributed by atoms with E-state index in [-0.39, 0.29) is 0 Å². The minimum atomic E-state index is 0.633. The maximum atomic E-state index is 5.55. The van der Waals surface area contributed by atoms with Crippen molar-refractivity contribution in [2.75, 3.05) is 5.75 Å². The Balaban J connectivity index is 1.66. The number of pyridine rings is 1. The molecule has 1 aliphatic rings. The number of furan rings is 1. The molecule has 6 nitrogen and oxygen atoms in total. The fourth-order valence-electron chi connectivity index (χ4n) is 2.23. The van der Waals surface area contributed by atoms with Crippen molar-refractivity contribution in [3.05, 3.63) is 48.0 Å². The summed E-state index contributed by atoms with van der Waals surface area (Å²) in [5.74, 6) is 4.04. The Kier molecular flexibility index (Phi) is 4.17. The molecule has 0 unspecified atom stereocenters. The van der Waals surface area contributed by atoms with E-state index in [1.54, 1.807) is 28.8 Å². The van der Waals surface area contributed by atoms with Crippen molar-refractivity contribution < 1.29 is 4.42 Å². The first kappa shape index (κ1) is 15.1. The number of thioether (sulfide) groups is 1. The molecule has 3 aromatic heterocycles. The molecule has 1 saturated carbocycles. The van der Waals surface area contributed by atoms with E-state index in [4.69, 9.17) is 4.42 Å². The number of rotatable bonds is 6. The maximum absolute atomic E-state index is 5.55. The van der Waals surface area contributed by atoms with Crippen molar-refractivity contribution in [1.82, 2.24) is 19.9 Å². The van der Waals surface area contributed by atoms with Crippen molar-refractivity contribution in [3.8, 4) is 11.5 Å². The van der Waals surface area contributed by atoms with Gasteiger partial charge in [-0.15, -0.1) is 10.2 Å². The first-order valence-electron chi connectivity index (χ1n) is 7.90. The average molecular weight is 339 g/mol. The lowest BCUT2D eigenvalue weighted by Gasteiger charge is -2.03. The van der Waals surface area contributed by atoms with Gasteiger partial charge >= 0.3 is 0 Å². The Morgan fingerprint density at radius 2 is 2.21 bits per heavy atom. The first-order valence-corrected chi connectivity index (χ1v) is 8.88. The Hall–Kier alpha value is -2.41. The van der Waals surface area contributed by atoms with Crippen LogP contribution in [0.4, 0.5) is 0 Å². The third kappa shape index (κ3) is 3.41. The van der Waals surface area contributed by atoms with Gasteiger partial charge < -0.3 is 4.42 Å². The molecule has 0 aromatic carbocycles. The minimum Gasteiger partial charge on any atom is -0.460 e. The number of aryl methyl sites for hydroxylation is 1. The fourth-order valence-corrected chi connectivity index (χ4v) is 3.30. The van der Waals surface area contributed by atoms with E-state index in [0.717, 1.165) is 28.3 Å². The second-order valence-corrected chi connectivity index (χ2v) is 6.77. The lowest BCUT2D eigenvalue weighted by molar-refractivity contribution is 0.527. The van der Waals surface area contributed by atoms with E-state index >= 15 is 0 Å². The highest BCUT2D eigenvalue weighted by atomic mass is 32.2. The summed E-state index contributed by atoms with van der Waals surface area (Å²) < 4.78 is 7.29. The van der Waals surface area contributed by atoms with E-state index in [2.05, 4.69) is 20.3 Å². The summed E-state index contributed by atoms with van der Waals surface area (Å²) in [6.45, 7) is 1.91. The van der Waals surface area contributed by atoms with Crippen LogP contribution in [0.25, 0.3) is 11.5 Å². The van der Waals surface area contributed by atoms with Gasteiger partial charge in [0, 0.05) is 11.9 Å². The zero-order valence-electron chi connectivity index (χ0n) is 13.3. The molecule has 3 heterocycles. The SMILES string of the molecule is Cc1ccc(/C=N/n2c(SCC3CC3)nnc2-c2ccccn2)o1. The van der Waals surface area contributed by atoms with Gasteiger partial charge in [0.2, 0.25) is 11.0 Å². The zero-order valence-corrected chi connectivity index (χ0v) is 14.1. The molecule has 1 fully saturated rings. The molecule has 4 rings (SSSR count). The van der Waals surface area contributed by atoms with Gasteiger partial charge in [-0.05, 0) is 49.9 Å². The molecule has 0 saturated heterocycles. The third-order valence-corrected chi connectivity index (χ3v) is 4.86. The lowest BCUT2D eigenvalue weighted by atomic mass is 10.3. The van der Waals surface area contributed by atoms with Crippen LogP contribution in [0.2, 0.25) is 0 Å². The number of nitrogens with zero attached hydrogens (tertiary/aromatic N) is 5. The van der Waals surface area contributed by atoms with Crippen LogP contribution in [0.3, 0.4) is 0 Å². The van der Waals surface area contributed by atoms with E-state index in [0.29, 0.717) is 11.6 Å². The summed E-state index contributed by atoms with van der Waals surface area (Å²) in [4.78, 5) is 4.36. The maximum Gasteiger partial charge on any atom is 0.212 e. The van der Waals surface area contributed by atoms with Crippen LogP contribution in [-0.2, 0) is 0 Å². The summed E-state index contributed by atoms with van der Waals surface area (Å²) in [5.41, 5.74) is 0.746. The van der Waals surface area contributed by atoms with Crippen LogP contribution in [0.5, 0.6) is 0 Å². The molecular weight excluding hydrogens is 322 g/mol. The van der Waals surface area contributed by atoms with Gasteiger partial charge in [0.15, 0.2) is 0 Å². The highest BCUT2D eigenvalue weighted by Crippen LogP contribution is 2.35. The van der Waals surface area contributed by atoms with E-state index in [1.165, 1.54) is 12.8 Å². The van der Waals surface area contributed by atoms with Crippen LogP contribution in [0, 0.1) is 12.8 Å². The second kappa shape index (κ2) is 6.60. The molecule has 3 aromatic rings. The molecule has 1 aliphatic carbocycles. The minimum absolute atomic E-state index is 0.633. The van der Waals surface area contributed by atoms with Crippen molar-refractivity contribution >= 4 is 18.0 Å². The summed E-state index contributed by atoms with van der Waals surface area (Å²) in [6, 6.07) is 9.51. The van der Waals surface area contributed by atoms with Gasteiger partial charge in [0.25, 0.3) is 0 Å². The van der Waals surface area contributed by atoms with E-state index in [1.807, 2.05) is 37.3 Å². The van der Waals surface area contributed by atoms with Gasteiger partial charge in [-0.3, -0.25) is 4.98 Å². The molecule has 0 aliphatic heterocycles. The molecule has 0 amide bonds. The number of hydrogen-bond acceptors (Lipinski definition) is 6. The van der Waals surface area contributed by atoms with Gasteiger partial charge in [-0.1, -0.05) is 17.8 Å². The van der Waals surface area contributed by atoms with Crippen LogP contribution in [0.15, 0.2) is 51.2 Å². The van der Waals surface area contributed by atoms with Crippen LogP contribution >= 0.6 is 11.8 Å². The average Bonchev–Trinajstić information content (AvgIpc) is 3.21. The van der Waals surface area contributed by atoms with Crippen molar-refractivity contribution in [3.63, 3.8) is 0 Å². The molecule has 0 radical (unpaired) electrons. The third-order valence-electron chi connectivity index (χ3n) is 3.71. The van der Waals surface area contributed by atoms with Gasteiger partial charge in [0.1, 0.15) is 17.2 Å². The monoisotopic (exact) mass is 339 g/mol. The summed E-state index contributed by atoms with van der Waals surface area (Å²) in [6.07, 6.45) is 6.04. The molecule has 0 spiro atoms.